The quantitative estimate of drug-likeness (QED) is 0.648. The maximum absolute atomic E-state index is 14.6. The average molecular weight is 356 g/mol. The van der Waals surface area contributed by atoms with Gasteiger partial charge in [-0.3, -0.25) is 4.90 Å². The number of nitrogens with zero attached hydrogens (tertiary/aromatic N) is 2. The van der Waals surface area contributed by atoms with Crippen LogP contribution in [0.3, 0.4) is 0 Å². The van der Waals surface area contributed by atoms with Gasteiger partial charge in [-0.2, -0.15) is 0 Å². The Morgan fingerprint density at radius 2 is 1.73 bits per heavy atom. The lowest BCUT2D eigenvalue weighted by Gasteiger charge is -2.31. The maximum Gasteiger partial charge on any atom is 0.128 e. The highest BCUT2D eigenvalue weighted by Gasteiger charge is 2.29. The summed E-state index contributed by atoms with van der Waals surface area (Å²) in [6.45, 7) is 1.69. The average Bonchev–Trinajstić information content (AvgIpc) is 3.01. The minimum atomic E-state index is -0.470. The Morgan fingerprint density at radius 1 is 0.885 bits per heavy atom. The molecule has 1 unspecified atom stereocenters. The fourth-order valence-corrected chi connectivity index (χ4v) is 3.75. The van der Waals surface area contributed by atoms with Crippen molar-refractivity contribution in [2.75, 3.05) is 6.54 Å². The summed E-state index contributed by atoms with van der Waals surface area (Å²) in [5.41, 5.74) is 1.79. The molecule has 1 aliphatic heterocycles. The van der Waals surface area contributed by atoms with E-state index in [-0.39, 0.29) is 24.0 Å². The lowest BCUT2D eigenvalue weighted by atomic mass is 10.0. The van der Waals surface area contributed by atoms with Crippen LogP contribution in [0.5, 0.6) is 0 Å². The van der Waals surface area contributed by atoms with Crippen LogP contribution in [0.4, 0.5) is 13.2 Å². The van der Waals surface area contributed by atoms with Crippen molar-refractivity contribution in [2.45, 2.75) is 25.6 Å². The fraction of sp³-hybridized carbons (Fsp3) is 0.238. The van der Waals surface area contributed by atoms with Crippen molar-refractivity contribution >= 4 is 0 Å². The first kappa shape index (κ1) is 16.9. The Bertz CT molecular complexity index is 919. The summed E-state index contributed by atoms with van der Waals surface area (Å²) in [5, 5.41) is 0. The highest BCUT2D eigenvalue weighted by Crippen LogP contribution is 2.34. The summed E-state index contributed by atoms with van der Waals surface area (Å²) in [6, 6.07) is 13.7. The van der Waals surface area contributed by atoms with Crippen LogP contribution in [0, 0.1) is 17.5 Å². The van der Waals surface area contributed by atoms with Gasteiger partial charge in [0.1, 0.15) is 17.5 Å². The molecule has 0 saturated heterocycles. The van der Waals surface area contributed by atoms with Gasteiger partial charge < -0.3 is 4.57 Å². The molecule has 0 bridgehead atoms. The smallest absolute Gasteiger partial charge is 0.128 e. The van der Waals surface area contributed by atoms with E-state index in [0.717, 1.165) is 30.8 Å². The SMILES string of the molecule is Fc1ccc(F)c(CN2CCCn3cccc3C2c2ccccc2F)c1. The van der Waals surface area contributed by atoms with Crippen LogP contribution >= 0.6 is 0 Å². The first-order valence-electron chi connectivity index (χ1n) is 8.71. The Hall–Kier alpha value is -2.53. The van der Waals surface area contributed by atoms with E-state index in [1.807, 2.05) is 23.2 Å². The van der Waals surface area contributed by atoms with Crippen molar-refractivity contribution < 1.29 is 13.2 Å². The molecular weight excluding hydrogens is 337 g/mol. The zero-order valence-corrected chi connectivity index (χ0v) is 14.2. The molecule has 2 aromatic carbocycles. The summed E-state index contributed by atoms with van der Waals surface area (Å²) in [6.07, 6.45) is 2.83. The molecule has 1 aliphatic rings. The molecule has 0 spiro atoms. The molecule has 4 rings (SSSR count). The summed E-state index contributed by atoms with van der Waals surface area (Å²) in [7, 11) is 0. The predicted octanol–water partition coefficient (Wildman–Crippen LogP) is 4.90. The second-order valence-corrected chi connectivity index (χ2v) is 6.61. The van der Waals surface area contributed by atoms with Gasteiger partial charge in [-0.1, -0.05) is 18.2 Å². The van der Waals surface area contributed by atoms with E-state index in [9.17, 15) is 13.2 Å². The minimum Gasteiger partial charge on any atom is -0.350 e. The molecule has 1 aromatic heterocycles. The predicted molar refractivity (Wildman–Crippen MR) is 94.1 cm³/mol. The normalized spacial score (nSPS) is 17.7. The summed E-state index contributed by atoms with van der Waals surface area (Å²) in [5.74, 6) is -1.21. The first-order chi connectivity index (χ1) is 12.6. The Labute approximate surface area is 150 Å². The van der Waals surface area contributed by atoms with E-state index in [1.165, 1.54) is 12.1 Å². The monoisotopic (exact) mass is 356 g/mol. The molecule has 5 heteroatoms. The van der Waals surface area contributed by atoms with Gasteiger partial charge in [0.2, 0.25) is 0 Å². The van der Waals surface area contributed by atoms with Gasteiger partial charge in [0.25, 0.3) is 0 Å². The summed E-state index contributed by atoms with van der Waals surface area (Å²) < 4.78 is 44.5. The summed E-state index contributed by atoms with van der Waals surface area (Å²) >= 11 is 0. The van der Waals surface area contributed by atoms with Crippen LogP contribution < -0.4 is 0 Å². The minimum absolute atomic E-state index is 0.216. The van der Waals surface area contributed by atoms with Crippen molar-refractivity contribution in [1.29, 1.82) is 0 Å². The molecule has 134 valence electrons. The Balaban J connectivity index is 1.79. The number of hydrogen-bond acceptors (Lipinski definition) is 1. The zero-order valence-electron chi connectivity index (χ0n) is 14.2. The molecule has 3 aromatic rings. The molecule has 2 heterocycles. The Morgan fingerprint density at radius 3 is 2.58 bits per heavy atom. The molecule has 2 nitrogen and oxygen atoms in total. The van der Waals surface area contributed by atoms with Gasteiger partial charge in [0.05, 0.1) is 6.04 Å². The van der Waals surface area contributed by atoms with Gasteiger partial charge in [-0.25, -0.2) is 13.2 Å². The summed E-state index contributed by atoms with van der Waals surface area (Å²) in [4.78, 5) is 2.02. The number of halogens is 3. The largest absolute Gasteiger partial charge is 0.350 e. The third-order valence-corrected chi connectivity index (χ3v) is 4.94. The van der Waals surface area contributed by atoms with Crippen LogP contribution in [0.2, 0.25) is 0 Å². The van der Waals surface area contributed by atoms with Crippen LogP contribution in [-0.2, 0) is 13.1 Å². The molecule has 0 saturated carbocycles. The van der Waals surface area contributed by atoms with E-state index in [4.69, 9.17) is 0 Å². The lowest BCUT2D eigenvalue weighted by molar-refractivity contribution is 0.213. The third kappa shape index (κ3) is 3.15. The number of fused-ring (bicyclic) bond motifs is 1. The molecule has 26 heavy (non-hydrogen) atoms. The molecule has 1 atom stereocenters. The first-order valence-corrected chi connectivity index (χ1v) is 8.71. The van der Waals surface area contributed by atoms with Crippen LogP contribution in [0.25, 0.3) is 0 Å². The van der Waals surface area contributed by atoms with Crippen molar-refractivity contribution in [2.24, 2.45) is 0 Å². The van der Waals surface area contributed by atoms with Gasteiger partial charge >= 0.3 is 0 Å². The number of hydrogen-bond donors (Lipinski definition) is 0. The fourth-order valence-electron chi connectivity index (χ4n) is 3.75. The van der Waals surface area contributed by atoms with E-state index in [1.54, 1.807) is 18.2 Å². The van der Waals surface area contributed by atoms with Gasteiger partial charge in [0, 0.05) is 42.7 Å². The van der Waals surface area contributed by atoms with Crippen LogP contribution in [0.15, 0.2) is 60.8 Å². The van der Waals surface area contributed by atoms with E-state index < -0.39 is 11.6 Å². The Kier molecular flexibility index (Phi) is 4.55. The molecule has 0 amide bonds. The van der Waals surface area contributed by atoms with Gasteiger partial charge in [0.15, 0.2) is 0 Å². The third-order valence-electron chi connectivity index (χ3n) is 4.94. The van der Waals surface area contributed by atoms with Crippen LogP contribution in [0.1, 0.15) is 29.3 Å². The van der Waals surface area contributed by atoms with Crippen molar-refractivity contribution in [1.82, 2.24) is 9.47 Å². The van der Waals surface area contributed by atoms with Crippen molar-refractivity contribution in [3.8, 4) is 0 Å². The van der Waals surface area contributed by atoms with E-state index in [0.29, 0.717) is 12.1 Å². The molecule has 0 aliphatic carbocycles. The van der Waals surface area contributed by atoms with E-state index >= 15 is 0 Å². The highest BCUT2D eigenvalue weighted by atomic mass is 19.1. The number of rotatable bonds is 3. The maximum atomic E-state index is 14.6. The number of benzene rings is 2. The van der Waals surface area contributed by atoms with Crippen molar-refractivity contribution in [3.63, 3.8) is 0 Å². The lowest BCUT2D eigenvalue weighted by Crippen LogP contribution is -2.30. The van der Waals surface area contributed by atoms with Gasteiger partial charge in [-0.15, -0.1) is 0 Å². The number of aryl methyl sites for hydroxylation is 1. The second-order valence-electron chi connectivity index (χ2n) is 6.61. The van der Waals surface area contributed by atoms with Crippen molar-refractivity contribution in [3.05, 3.63) is 95.1 Å². The van der Waals surface area contributed by atoms with Gasteiger partial charge in [-0.05, 0) is 42.8 Å². The van der Waals surface area contributed by atoms with E-state index in [2.05, 4.69) is 4.57 Å². The molecule has 0 N–H and O–H groups in total. The molecular formula is C21H19F3N2. The second kappa shape index (κ2) is 7.00. The zero-order chi connectivity index (χ0) is 18.1. The molecule has 0 radical (unpaired) electrons. The topological polar surface area (TPSA) is 8.17 Å². The molecule has 0 fully saturated rings. The highest BCUT2D eigenvalue weighted by molar-refractivity contribution is 5.31. The number of aromatic nitrogens is 1. The standard InChI is InChI=1S/C21H19F3N2/c22-16-8-9-18(23)15(13-16)14-26-12-4-11-25-10-3-7-20(25)21(26)17-5-1-2-6-19(17)24/h1-3,5-10,13,21H,4,11-12,14H2. The van der Waals surface area contributed by atoms with Crippen LogP contribution in [-0.4, -0.2) is 16.0 Å².